The molecular formula is C31H47N3O7. The van der Waals surface area contributed by atoms with Gasteiger partial charge in [0.15, 0.2) is 0 Å². The molecule has 7 atom stereocenters. The predicted octanol–water partition coefficient (Wildman–Crippen LogP) is 1.77. The summed E-state index contributed by atoms with van der Waals surface area (Å²) in [5, 5.41) is 10.6. The van der Waals surface area contributed by atoms with Crippen molar-refractivity contribution in [1.82, 2.24) is 14.7 Å². The summed E-state index contributed by atoms with van der Waals surface area (Å²) in [6, 6.07) is -1.57. The van der Waals surface area contributed by atoms with E-state index in [9.17, 15) is 19.5 Å². The standard InChI is InChI=1S/C31H47N3O7/c1-4-22(3)23(21-35)34-26-28(37)33(15-14-32-16-19-39-20-17-32)13-10-12-31(26)24(27(34)36)25-29(38)40-18-9-7-6-8-11-30(25,5-2)41-31/h8,10-12,22-26,35H,4-7,9,13-21H2,1-3H3/b11-8-/t22-,23-,24-,25-,26?,30+,31-/m0/s1. The minimum Gasteiger partial charge on any atom is -0.465 e. The van der Waals surface area contributed by atoms with E-state index >= 15 is 0 Å². The van der Waals surface area contributed by atoms with Crippen molar-refractivity contribution < 1.29 is 33.7 Å². The van der Waals surface area contributed by atoms with Gasteiger partial charge in [0.25, 0.3) is 0 Å². The van der Waals surface area contributed by atoms with Crippen LogP contribution in [0.25, 0.3) is 0 Å². The molecule has 5 aliphatic heterocycles. The van der Waals surface area contributed by atoms with Crippen LogP contribution in [0.15, 0.2) is 24.3 Å². The zero-order chi connectivity index (χ0) is 29.2. The lowest BCUT2D eigenvalue weighted by molar-refractivity contribution is -0.164. The van der Waals surface area contributed by atoms with E-state index in [0.29, 0.717) is 45.9 Å². The first-order valence-corrected chi connectivity index (χ1v) is 15.6. The smallest absolute Gasteiger partial charge is 0.313 e. The lowest BCUT2D eigenvalue weighted by Gasteiger charge is -2.42. The van der Waals surface area contributed by atoms with Crippen LogP contribution in [0.3, 0.4) is 0 Å². The Morgan fingerprint density at radius 3 is 2.49 bits per heavy atom. The van der Waals surface area contributed by atoms with Crippen molar-refractivity contribution in [2.75, 3.05) is 59.2 Å². The number of hydrogen-bond acceptors (Lipinski definition) is 8. The van der Waals surface area contributed by atoms with Gasteiger partial charge in [0.2, 0.25) is 11.8 Å². The minimum atomic E-state index is -1.35. The van der Waals surface area contributed by atoms with Crippen LogP contribution in [0.2, 0.25) is 0 Å². The highest BCUT2D eigenvalue weighted by atomic mass is 16.6. The first-order chi connectivity index (χ1) is 19.8. The number of esters is 1. The lowest BCUT2D eigenvalue weighted by Crippen LogP contribution is -2.60. The molecule has 2 amide bonds. The van der Waals surface area contributed by atoms with Crippen molar-refractivity contribution in [2.24, 2.45) is 17.8 Å². The van der Waals surface area contributed by atoms with Gasteiger partial charge in [0, 0.05) is 32.7 Å². The molecule has 3 fully saturated rings. The Kier molecular flexibility index (Phi) is 9.23. The number of ether oxygens (including phenoxy) is 3. The molecule has 10 nitrogen and oxygen atoms in total. The second kappa shape index (κ2) is 12.5. The maximum Gasteiger partial charge on any atom is 0.313 e. The summed E-state index contributed by atoms with van der Waals surface area (Å²) in [5.41, 5.74) is -2.42. The number of nitrogens with zero attached hydrogens (tertiary/aromatic N) is 3. The summed E-state index contributed by atoms with van der Waals surface area (Å²) < 4.78 is 18.3. The zero-order valence-electron chi connectivity index (χ0n) is 24.8. The fraction of sp³-hybridized carbons (Fsp3) is 0.774. The average Bonchev–Trinajstić information content (AvgIpc) is 3.35. The Morgan fingerprint density at radius 1 is 1.00 bits per heavy atom. The molecule has 10 heteroatoms. The van der Waals surface area contributed by atoms with Crippen LogP contribution >= 0.6 is 0 Å². The van der Waals surface area contributed by atoms with Gasteiger partial charge in [-0.25, -0.2) is 0 Å². The normalized spacial score (nSPS) is 36.7. The molecule has 1 spiro atoms. The number of fused-ring (bicyclic) bond motifs is 2. The Bertz CT molecular complexity index is 1040. The van der Waals surface area contributed by atoms with Gasteiger partial charge < -0.3 is 29.1 Å². The van der Waals surface area contributed by atoms with Crippen molar-refractivity contribution in [3.8, 4) is 0 Å². The molecule has 0 saturated carbocycles. The molecule has 228 valence electrons. The summed E-state index contributed by atoms with van der Waals surface area (Å²) in [5.74, 6) is -2.85. The van der Waals surface area contributed by atoms with E-state index in [1.54, 1.807) is 9.80 Å². The molecular weight excluding hydrogens is 526 g/mol. The van der Waals surface area contributed by atoms with Gasteiger partial charge >= 0.3 is 5.97 Å². The average molecular weight is 574 g/mol. The highest BCUT2D eigenvalue weighted by Crippen LogP contribution is 2.58. The quantitative estimate of drug-likeness (QED) is 0.346. The van der Waals surface area contributed by atoms with Crippen LogP contribution in [0, 0.1) is 17.8 Å². The molecule has 0 aromatic heterocycles. The number of likely N-dealkylation sites (tertiary alicyclic amines) is 1. The molecule has 5 heterocycles. The van der Waals surface area contributed by atoms with Crippen molar-refractivity contribution >= 4 is 17.8 Å². The van der Waals surface area contributed by atoms with Crippen molar-refractivity contribution in [3.63, 3.8) is 0 Å². The number of hydrogen-bond donors (Lipinski definition) is 1. The second-order valence-electron chi connectivity index (χ2n) is 12.2. The number of carbonyl (C=O) groups excluding carboxylic acids is 3. The molecule has 0 aromatic carbocycles. The maximum absolute atomic E-state index is 14.6. The van der Waals surface area contributed by atoms with Crippen LogP contribution in [0.4, 0.5) is 0 Å². The Balaban J connectivity index is 1.58. The maximum atomic E-state index is 14.6. The fourth-order valence-corrected chi connectivity index (χ4v) is 7.48. The van der Waals surface area contributed by atoms with Crippen molar-refractivity contribution in [3.05, 3.63) is 24.3 Å². The van der Waals surface area contributed by atoms with Gasteiger partial charge in [-0.2, -0.15) is 0 Å². The summed E-state index contributed by atoms with van der Waals surface area (Å²) in [6.45, 7) is 10.5. The molecule has 0 radical (unpaired) electrons. The number of carbonyl (C=O) groups is 3. The van der Waals surface area contributed by atoms with E-state index in [2.05, 4.69) is 11.0 Å². The first-order valence-electron chi connectivity index (χ1n) is 15.6. The third-order valence-corrected chi connectivity index (χ3v) is 10.0. The third kappa shape index (κ3) is 5.26. The van der Waals surface area contributed by atoms with Gasteiger partial charge in [-0.1, -0.05) is 51.5 Å². The van der Waals surface area contributed by atoms with E-state index in [-0.39, 0.29) is 24.3 Å². The SMILES string of the molecule is CC[C@H](C)[C@H](CO)N1C(=O)[C@@H]2[C@H]3C(=O)OCCCC/C=C\[C@@]3(CC)O[C@@]23C=CCN(CCN2CCOCC2)C(=O)C13. The minimum absolute atomic E-state index is 0.0616. The molecule has 41 heavy (non-hydrogen) atoms. The van der Waals surface area contributed by atoms with Gasteiger partial charge in [-0.15, -0.1) is 0 Å². The summed E-state index contributed by atoms with van der Waals surface area (Å²) in [4.78, 5) is 48.7. The molecule has 0 bridgehead atoms. The molecule has 0 aliphatic carbocycles. The van der Waals surface area contributed by atoms with Crippen LogP contribution in [-0.4, -0.2) is 120 Å². The molecule has 5 aliphatic rings. The second-order valence-corrected chi connectivity index (χ2v) is 12.2. The number of cyclic esters (lactones) is 1. The summed E-state index contributed by atoms with van der Waals surface area (Å²) in [6.07, 6.45) is 11.4. The summed E-state index contributed by atoms with van der Waals surface area (Å²) in [7, 11) is 0. The number of aliphatic hydroxyl groups is 1. The van der Waals surface area contributed by atoms with Crippen LogP contribution in [0.5, 0.6) is 0 Å². The van der Waals surface area contributed by atoms with E-state index in [1.807, 2.05) is 39.0 Å². The number of rotatable bonds is 8. The largest absolute Gasteiger partial charge is 0.465 e. The van der Waals surface area contributed by atoms with E-state index in [0.717, 1.165) is 38.8 Å². The monoisotopic (exact) mass is 573 g/mol. The van der Waals surface area contributed by atoms with Gasteiger partial charge in [-0.05, 0) is 31.6 Å². The molecule has 5 rings (SSSR count). The van der Waals surface area contributed by atoms with E-state index < -0.39 is 41.1 Å². The number of allylic oxidation sites excluding steroid dienone is 1. The third-order valence-electron chi connectivity index (χ3n) is 10.0. The van der Waals surface area contributed by atoms with Crippen molar-refractivity contribution in [1.29, 1.82) is 0 Å². The van der Waals surface area contributed by atoms with Crippen LogP contribution in [0.1, 0.15) is 52.9 Å². The van der Waals surface area contributed by atoms with E-state index in [1.165, 1.54) is 0 Å². The molecule has 1 unspecified atom stereocenters. The Labute approximate surface area is 243 Å². The molecule has 3 saturated heterocycles. The van der Waals surface area contributed by atoms with E-state index in [4.69, 9.17) is 14.2 Å². The number of morpholine rings is 1. The van der Waals surface area contributed by atoms with Crippen LogP contribution < -0.4 is 0 Å². The Hall–Kier alpha value is -2.27. The van der Waals surface area contributed by atoms with Gasteiger partial charge in [0.05, 0.1) is 38.4 Å². The zero-order valence-corrected chi connectivity index (χ0v) is 24.8. The number of aliphatic hydroxyl groups excluding tert-OH is 1. The highest BCUT2D eigenvalue weighted by Gasteiger charge is 2.76. The Morgan fingerprint density at radius 2 is 1.78 bits per heavy atom. The number of amides is 2. The van der Waals surface area contributed by atoms with Crippen molar-refractivity contribution in [2.45, 2.75) is 76.2 Å². The first kappa shape index (κ1) is 30.2. The predicted molar refractivity (Wildman–Crippen MR) is 152 cm³/mol. The highest BCUT2D eigenvalue weighted by molar-refractivity contribution is 5.99. The van der Waals surface area contributed by atoms with Gasteiger partial charge in [-0.3, -0.25) is 19.3 Å². The fourth-order valence-electron chi connectivity index (χ4n) is 7.48. The lowest BCUT2D eigenvalue weighted by atomic mass is 9.73. The molecule has 0 aromatic rings. The summed E-state index contributed by atoms with van der Waals surface area (Å²) >= 11 is 0. The topological polar surface area (TPSA) is 109 Å². The molecule has 1 N–H and O–H groups in total. The van der Waals surface area contributed by atoms with Gasteiger partial charge in [0.1, 0.15) is 23.2 Å². The van der Waals surface area contributed by atoms with Crippen LogP contribution in [-0.2, 0) is 28.6 Å².